The van der Waals surface area contributed by atoms with E-state index in [4.69, 9.17) is 0 Å². The first-order chi connectivity index (χ1) is 6.27. The number of benzene rings is 1. The van der Waals surface area contributed by atoms with Crippen molar-refractivity contribution >= 4 is 11.9 Å². The molecule has 0 saturated carbocycles. The van der Waals surface area contributed by atoms with E-state index in [1.807, 2.05) is 0 Å². The maximum absolute atomic E-state index is 10.8. The van der Waals surface area contributed by atoms with Crippen molar-refractivity contribution < 1.29 is 15.2 Å². The van der Waals surface area contributed by atoms with Crippen LogP contribution < -0.4 is 10.7 Å². The van der Waals surface area contributed by atoms with Gasteiger partial charge in [-0.05, 0) is 12.1 Å². The number of nitrogens with zero attached hydrogens (tertiary/aromatic N) is 1. The smallest absolute Gasteiger partial charge is 0.440 e. The molecule has 0 atom stereocenters. The number of urea groups is 1. The van der Waals surface area contributed by atoms with Gasteiger partial charge < -0.3 is 5.11 Å². The number of nitrogens with one attached hydrogen (secondary N) is 1. The van der Waals surface area contributed by atoms with Gasteiger partial charge in [-0.2, -0.15) is 5.43 Å². The molecule has 13 heavy (non-hydrogen) atoms. The van der Waals surface area contributed by atoms with E-state index in [0.717, 1.165) is 0 Å². The summed E-state index contributed by atoms with van der Waals surface area (Å²) in [5.74, 6) is 0.581. The fraction of sp³-hybridized carbons (Fsp3) is 0. The molecule has 1 aromatic carbocycles. The van der Waals surface area contributed by atoms with Crippen LogP contribution in [0.2, 0.25) is 0 Å². The second-order valence-electron chi connectivity index (χ2n) is 2.63. The molecule has 1 aliphatic heterocycles. The van der Waals surface area contributed by atoms with Crippen LogP contribution in [0.4, 0.5) is 4.79 Å². The SMILES string of the molecule is O=C1NN=C(c2ccccc2O)[NH2+]1. The van der Waals surface area contributed by atoms with E-state index in [-0.39, 0.29) is 11.8 Å². The number of primary amides is 1. The summed E-state index contributed by atoms with van der Waals surface area (Å²) in [5, 5.41) is 14.5. The fourth-order valence-corrected chi connectivity index (χ4v) is 1.13. The Kier molecular flexibility index (Phi) is 1.71. The highest BCUT2D eigenvalue weighted by molar-refractivity contribution is 6.00. The molecule has 2 amide bonds. The Balaban J connectivity index is 2.37. The molecule has 1 heterocycles. The van der Waals surface area contributed by atoms with Crippen LogP contribution in [-0.4, -0.2) is 17.0 Å². The molecule has 0 aliphatic carbocycles. The highest BCUT2D eigenvalue weighted by Gasteiger charge is 2.22. The summed E-state index contributed by atoms with van der Waals surface area (Å²) < 4.78 is 0. The third-order valence-electron chi connectivity index (χ3n) is 1.73. The Labute approximate surface area is 74.1 Å². The van der Waals surface area contributed by atoms with Crippen molar-refractivity contribution in [2.45, 2.75) is 0 Å². The minimum atomic E-state index is -0.266. The number of hydrogen-bond donors (Lipinski definition) is 3. The van der Waals surface area contributed by atoms with Crippen LogP contribution in [0.5, 0.6) is 5.75 Å². The van der Waals surface area contributed by atoms with Crippen LogP contribution in [-0.2, 0) is 0 Å². The topological polar surface area (TPSA) is 78.3 Å². The Morgan fingerprint density at radius 3 is 2.77 bits per heavy atom. The normalized spacial score (nSPS) is 15.4. The van der Waals surface area contributed by atoms with Gasteiger partial charge in [0.25, 0.3) is 5.84 Å². The maximum Gasteiger partial charge on any atom is 0.440 e. The lowest BCUT2D eigenvalue weighted by molar-refractivity contribution is -0.421. The van der Waals surface area contributed by atoms with Gasteiger partial charge in [-0.1, -0.05) is 12.1 Å². The third-order valence-corrected chi connectivity index (χ3v) is 1.73. The van der Waals surface area contributed by atoms with Crippen molar-refractivity contribution in [2.24, 2.45) is 5.10 Å². The van der Waals surface area contributed by atoms with Gasteiger partial charge in [-0.25, -0.2) is 10.1 Å². The number of nitrogens with two attached hydrogens (primary N) is 1. The van der Waals surface area contributed by atoms with Crippen molar-refractivity contribution in [1.82, 2.24) is 5.43 Å². The van der Waals surface area contributed by atoms with Crippen LogP contribution in [0.3, 0.4) is 0 Å². The standard InChI is InChI=1S/C8H7N3O2/c12-6-4-2-1-3-5(6)7-9-8(13)11-10-7/h1-4,12H,(H2,9,10,11,13)/p+1. The van der Waals surface area contributed by atoms with E-state index < -0.39 is 0 Å². The first kappa shape index (κ1) is 7.75. The summed E-state index contributed by atoms with van der Waals surface area (Å²) in [7, 11) is 0. The molecule has 0 radical (unpaired) electrons. The predicted molar refractivity (Wildman–Crippen MR) is 45.1 cm³/mol. The monoisotopic (exact) mass is 178 g/mol. The van der Waals surface area contributed by atoms with Gasteiger partial charge in [0.2, 0.25) is 0 Å². The lowest BCUT2D eigenvalue weighted by Gasteiger charge is -1.97. The van der Waals surface area contributed by atoms with Gasteiger partial charge in [0, 0.05) is 0 Å². The number of carbonyl (C=O) groups is 1. The number of quaternary nitrogens is 1. The van der Waals surface area contributed by atoms with Crippen molar-refractivity contribution in [3.8, 4) is 5.75 Å². The molecule has 1 aliphatic rings. The second kappa shape index (κ2) is 2.87. The van der Waals surface area contributed by atoms with Gasteiger partial charge in [0.15, 0.2) is 0 Å². The maximum atomic E-state index is 10.8. The van der Waals surface area contributed by atoms with Crippen LogP contribution in [0.1, 0.15) is 5.56 Å². The number of aromatic hydroxyl groups is 1. The van der Waals surface area contributed by atoms with Gasteiger partial charge in [-0.3, -0.25) is 0 Å². The van der Waals surface area contributed by atoms with E-state index in [9.17, 15) is 9.90 Å². The number of carbonyl (C=O) groups excluding carboxylic acids is 1. The number of phenolic OH excluding ortho intramolecular Hbond substituents is 1. The molecule has 0 fully saturated rings. The molecule has 0 aromatic heterocycles. The average Bonchev–Trinajstić information content (AvgIpc) is 2.53. The van der Waals surface area contributed by atoms with E-state index in [0.29, 0.717) is 11.4 Å². The molecule has 1 aromatic rings. The summed E-state index contributed by atoms with van der Waals surface area (Å²) in [6, 6.07) is 6.47. The average molecular weight is 178 g/mol. The predicted octanol–water partition coefficient (Wildman–Crippen LogP) is -0.660. The highest BCUT2D eigenvalue weighted by Crippen LogP contribution is 2.14. The van der Waals surface area contributed by atoms with Gasteiger partial charge in [-0.15, -0.1) is 5.10 Å². The van der Waals surface area contributed by atoms with E-state index in [1.165, 1.54) is 5.32 Å². The van der Waals surface area contributed by atoms with Crippen LogP contribution in [0.25, 0.3) is 0 Å². The number of para-hydroxylation sites is 1. The minimum absolute atomic E-state index is 0.119. The molecule has 0 bridgehead atoms. The van der Waals surface area contributed by atoms with Crippen LogP contribution in [0.15, 0.2) is 29.4 Å². The molecule has 0 saturated heterocycles. The number of amides is 2. The number of rotatable bonds is 1. The van der Waals surface area contributed by atoms with Gasteiger partial charge in [0.1, 0.15) is 5.75 Å². The summed E-state index contributed by atoms with van der Waals surface area (Å²) in [6.07, 6.45) is 0. The lowest BCUT2D eigenvalue weighted by atomic mass is 10.2. The Morgan fingerprint density at radius 1 is 1.38 bits per heavy atom. The Hall–Kier alpha value is -1.88. The fourth-order valence-electron chi connectivity index (χ4n) is 1.13. The zero-order valence-electron chi connectivity index (χ0n) is 6.69. The molecule has 4 N–H and O–H groups in total. The number of amidine groups is 1. The van der Waals surface area contributed by atoms with Crippen molar-refractivity contribution in [1.29, 1.82) is 0 Å². The van der Waals surface area contributed by atoms with Gasteiger partial charge >= 0.3 is 6.03 Å². The quantitative estimate of drug-likeness (QED) is 0.533. The highest BCUT2D eigenvalue weighted by atomic mass is 16.3. The van der Waals surface area contributed by atoms with Gasteiger partial charge in [0.05, 0.1) is 5.56 Å². The van der Waals surface area contributed by atoms with Crippen molar-refractivity contribution in [2.75, 3.05) is 0 Å². The molecular weight excluding hydrogens is 170 g/mol. The zero-order chi connectivity index (χ0) is 9.26. The Bertz CT molecular complexity index is 387. The molecular formula is C8H8N3O2+. The molecule has 5 heteroatoms. The lowest BCUT2D eigenvalue weighted by Crippen LogP contribution is -2.90. The zero-order valence-corrected chi connectivity index (χ0v) is 6.69. The van der Waals surface area contributed by atoms with Crippen LogP contribution >= 0.6 is 0 Å². The summed E-state index contributed by atoms with van der Waals surface area (Å²) in [5.41, 5.74) is 2.83. The summed E-state index contributed by atoms with van der Waals surface area (Å²) in [6.45, 7) is 0. The van der Waals surface area contributed by atoms with Crippen molar-refractivity contribution in [3.63, 3.8) is 0 Å². The largest absolute Gasteiger partial charge is 0.507 e. The van der Waals surface area contributed by atoms with Crippen molar-refractivity contribution in [3.05, 3.63) is 29.8 Å². The first-order valence-corrected chi connectivity index (χ1v) is 3.78. The van der Waals surface area contributed by atoms with E-state index >= 15 is 0 Å². The number of hydrazone groups is 1. The van der Waals surface area contributed by atoms with E-state index in [2.05, 4.69) is 10.5 Å². The number of phenols is 1. The minimum Gasteiger partial charge on any atom is -0.507 e. The molecule has 5 nitrogen and oxygen atoms in total. The van der Waals surface area contributed by atoms with E-state index in [1.54, 1.807) is 24.3 Å². The summed E-state index contributed by atoms with van der Waals surface area (Å²) >= 11 is 0. The Morgan fingerprint density at radius 2 is 2.15 bits per heavy atom. The first-order valence-electron chi connectivity index (χ1n) is 3.78. The second-order valence-corrected chi connectivity index (χ2v) is 2.63. The van der Waals surface area contributed by atoms with Crippen LogP contribution in [0, 0.1) is 0 Å². The molecule has 0 unspecified atom stereocenters. The number of hydrogen-bond acceptors (Lipinski definition) is 3. The molecule has 2 rings (SSSR count). The molecule has 66 valence electrons. The summed E-state index contributed by atoms with van der Waals surface area (Å²) in [4.78, 5) is 10.8. The molecule has 0 spiro atoms. The third kappa shape index (κ3) is 1.36.